The van der Waals surface area contributed by atoms with E-state index in [-0.39, 0.29) is 0 Å². The fraction of sp³-hybridized carbons (Fsp3) is 0. The van der Waals surface area contributed by atoms with Crippen molar-refractivity contribution in [2.45, 2.75) is 0 Å². The lowest BCUT2D eigenvalue weighted by molar-refractivity contribution is 0.670. The highest BCUT2D eigenvalue weighted by Crippen LogP contribution is 2.46. The van der Waals surface area contributed by atoms with Gasteiger partial charge in [-0.15, -0.1) is 11.3 Å². The fourth-order valence-electron chi connectivity index (χ4n) is 4.91. The molecule has 2 aromatic heterocycles. The van der Waals surface area contributed by atoms with Gasteiger partial charge in [-0.3, -0.25) is 0 Å². The predicted molar refractivity (Wildman–Crippen MR) is 142 cm³/mol. The van der Waals surface area contributed by atoms with Crippen molar-refractivity contribution in [2.24, 2.45) is 0 Å². The van der Waals surface area contributed by atoms with Gasteiger partial charge in [0.05, 0.1) is 0 Å². The van der Waals surface area contributed by atoms with Gasteiger partial charge in [-0.05, 0) is 29.3 Å². The van der Waals surface area contributed by atoms with Crippen molar-refractivity contribution in [1.29, 1.82) is 0 Å². The molecule has 7 rings (SSSR count). The molecule has 0 unspecified atom stereocenters. The van der Waals surface area contributed by atoms with Gasteiger partial charge in [-0.25, -0.2) is 0 Å². The Morgan fingerprint density at radius 2 is 1.21 bits per heavy atom. The number of para-hydroxylation sites is 2. The zero-order chi connectivity index (χ0) is 21.9. The lowest BCUT2D eigenvalue weighted by atomic mass is 9.92. The first-order chi connectivity index (χ1) is 16.3. The topological polar surface area (TPSA) is 13.1 Å². The molecule has 0 saturated carbocycles. The molecule has 7 aromatic rings. The van der Waals surface area contributed by atoms with Gasteiger partial charge in [0.15, 0.2) is 0 Å². The van der Waals surface area contributed by atoms with Crippen molar-refractivity contribution in [3.63, 3.8) is 0 Å². The molecule has 33 heavy (non-hydrogen) atoms. The molecule has 0 N–H and O–H groups in total. The highest BCUT2D eigenvalue weighted by molar-refractivity contribution is 7.26. The monoisotopic (exact) mass is 460 g/mol. The number of thiophene rings is 1. The zero-order valence-corrected chi connectivity index (χ0v) is 19.1. The largest absolute Gasteiger partial charge is 0.455 e. The van der Waals surface area contributed by atoms with Gasteiger partial charge in [0.1, 0.15) is 11.2 Å². The Balaban J connectivity index is 1.56. The lowest BCUT2D eigenvalue weighted by Gasteiger charge is -2.12. The number of rotatable bonds is 2. The quantitative estimate of drug-likeness (QED) is 0.250. The van der Waals surface area contributed by atoms with E-state index in [2.05, 4.69) is 84.9 Å². The maximum atomic E-state index is 6.71. The molecule has 1 nitrogen and oxygen atoms in total. The van der Waals surface area contributed by atoms with Gasteiger partial charge in [-0.1, -0.05) is 96.5 Å². The van der Waals surface area contributed by atoms with Gasteiger partial charge in [0.25, 0.3) is 0 Å². The van der Waals surface area contributed by atoms with Crippen molar-refractivity contribution >= 4 is 65.0 Å². The molecule has 3 heteroatoms. The summed E-state index contributed by atoms with van der Waals surface area (Å²) < 4.78 is 8.83. The van der Waals surface area contributed by atoms with Gasteiger partial charge in [0, 0.05) is 47.1 Å². The van der Waals surface area contributed by atoms with Gasteiger partial charge >= 0.3 is 0 Å². The van der Waals surface area contributed by atoms with E-state index in [1.54, 1.807) is 11.3 Å². The van der Waals surface area contributed by atoms with Crippen LogP contribution in [0.2, 0.25) is 5.02 Å². The summed E-state index contributed by atoms with van der Waals surface area (Å²) in [4.78, 5) is 0. The van der Waals surface area contributed by atoms with Gasteiger partial charge in [-0.2, -0.15) is 0 Å². The number of fused-ring (bicyclic) bond motifs is 6. The number of halogens is 1. The van der Waals surface area contributed by atoms with Crippen LogP contribution in [0, 0.1) is 0 Å². The highest BCUT2D eigenvalue weighted by atomic mass is 35.5. The molecule has 0 spiro atoms. The van der Waals surface area contributed by atoms with Crippen LogP contribution in [0.3, 0.4) is 0 Å². The second-order valence-corrected chi connectivity index (χ2v) is 9.68. The average Bonchev–Trinajstić information content (AvgIpc) is 3.44. The first-order valence-electron chi connectivity index (χ1n) is 10.9. The predicted octanol–water partition coefficient (Wildman–Crippen LogP) is 9.94. The first kappa shape index (κ1) is 18.9. The number of furan rings is 1. The summed E-state index contributed by atoms with van der Waals surface area (Å²) in [6.07, 6.45) is 0. The minimum Gasteiger partial charge on any atom is -0.455 e. The molecule has 0 aliphatic heterocycles. The third-order valence-electron chi connectivity index (χ3n) is 6.39. The smallest absolute Gasteiger partial charge is 0.143 e. The Bertz CT molecular complexity index is 1840. The molecule has 0 bridgehead atoms. The summed E-state index contributed by atoms with van der Waals surface area (Å²) >= 11 is 8.51. The SMILES string of the molecule is Clc1ccc(-c2ccccc2-c2cccc3c2oc2ccccc23)c2sc3ccccc3c12. The van der Waals surface area contributed by atoms with Crippen LogP contribution in [0.25, 0.3) is 64.4 Å². The van der Waals surface area contributed by atoms with Crippen LogP contribution in [0.15, 0.2) is 108 Å². The van der Waals surface area contributed by atoms with E-state index in [1.165, 1.54) is 25.9 Å². The van der Waals surface area contributed by atoms with Crippen molar-refractivity contribution in [3.05, 3.63) is 108 Å². The molecule has 0 fully saturated rings. The van der Waals surface area contributed by atoms with Crippen molar-refractivity contribution in [3.8, 4) is 22.3 Å². The summed E-state index contributed by atoms with van der Waals surface area (Å²) in [6.45, 7) is 0. The minimum atomic E-state index is 0.795. The summed E-state index contributed by atoms with van der Waals surface area (Å²) in [5.74, 6) is 0. The van der Waals surface area contributed by atoms with Crippen molar-refractivity contribution < 1.29 is 4.42 Å². The van der Waals surface area contributed by atoms with Crippen molar-refractivity contribution in [1.82, 2.24) is 0 Å². The Labute approximate surface area is 199 Å². The summed E-state index contributed by atoms with van der Waals surface area (Å²) in [6, 6.07) is 35.9. The van der Waals surface area contributed by atoms with E-state index in [0.717, 1.165) is 43.5 Å². The number of hydrogen-bond donors (Lipinski definition) is 0. The lowest BCUT2D eigenvalue weighted by Crippen LogP contribution is -1.86. The summed E-state index contributed by atoms with van der Waals surface area (Å²) in [5, 5.41) is 5.42. The van der Waals surface area contributed by atoms with Crippen LogP contribution in [0.5, 0.6) is 0 Å². The van der Waals surface area contributed by atoms with Crippen LogP contribution in [-0.4, -0.2) is 0 Å². The van der Waals surface area contributed by atoms with E-state index < -0.39 is 0 Å². The normalized spacial score (nSPS) is 11.8. The maximum Gasteiger partial charge on any atom is 0.143 e. The second-order valence-electron chi connectivity index (χ2n) is 8.22. The molecule has 0 amide bonds. The molecular weight excluding hydrogens is 444 g/mol. The molecular formula is C30H17ClOS. The molecule has 0 atom stereocenters. The van der Waals surface area contributed by atoms with Crippen LogP contribution < -0.4 is 0 Å². The van der Waals surface area contributed by atoms with E-state index in [4.69, 9.17) is 16.0 Å². The summed E-state index contributed by atoms with van der Waals surface area (Å²) in [7, 11) is 0. The third kappa shape index (κ3) is 2.78. The van der Waals surface area contributed by atoms with Crippen LogP contribution in [0.4, 0.5) is 0 Å². The molecule has 0 aliphatic rings. The number of benzene rings is 5. The average molecular weight is 461 g/mol. The highest BCUT2D eigenvalue weighted by Gasteiger charge is 2.18. The molecule has 5 aromatic carbocycles. The van der Waals surface area contributed by atoms with E-state index in [1.807, 2.05) is 18.2 Å². The van der Waals surface area contributed by atoms with Crippen LogP contribution >= 0.6 is 22.9 Å². The Kier molecular flexibility index (Phi) is 4.14. The molecule has 156 valence electrons. The first-order valence-corrected chi connectivity index (χ1v) is 12.1. The minimum absolute atomic E-state index is 0.795. The molecule has 0 radical (unpaired) electrons. The molecule has 0 aliphatic carbocycles. The maximum absolute atomic E-state index is 6.71. The molecule has 0 saturated heterocycles. The van der Waals surface area contributed by atoms with E-state index in [9.17, 15) is 0 Å². The van der Waals surface area contributed by atoms with Crippen LogP contribution in [0.1, 0.15) is 0 Å². The Morgan fingerprint density at radius 1 is 0.545 bits per heavy atom. The third-order valence-corrected chi connectivity index (χ3v) is 7.91. The number of hydrogen-bond acceptors (Lipinski definition) is 2. The summed E-state index contributed by atoms with van der Waals surface area (Å²) in [5.41, 5.74) is 6.47. The molecule has 2 heterocycles. The standard InChI is InChI=1S/C30H17ClOS/c31-25-17-16-23(30-28(25)24-11-4-6-15-27(24)33-30)19-9-2-1-8-18(19)21-12-7-13-22-20-10-3-5-14-26(20)32-29(21)22/h1-17H. The van der Waals surface area contributed by atoms with Crippen molar-refractivity contribution in [2.75, 3.05) is 0 Å². The van der Waals surface area contributed by atoms with E-state index >= 15 is 0 Å². The Morgan fingerprint density at radius 3 is 2.09 bits per heavy atom. The van der Waals surface area contributed by atoms with E-state index in [0.29, 0.717) is 0 Å². The fourth-order valence-corrected chi connectivity index (χ4v) is 6.48. The zero-order valence-electron chi connectivity index (χ0n) is 17.5. The second kappa shape index (κ2) is 7.21. The van der Waals surface area contributed by atoms with Gasteiger partial charge in [0.2, 0.25) is 0 Å². The van der Waals surface area contributed by atoms with Crippen LogP contribution in [-0.2, 0) is 0 Å². The Hall–Kier alpha value is -3.59. The van der Waals surface area contributed by atoms with Gasteiger partial charge < -0.3 is 4.42 Å².